The van der Waals surface area contributed by atoms with E-state index < -0.39 is 11.7 Å². The van der Waals surface area contributed by atoms with Crippen molar-refractivity contribution in [2.45, 2.75) is 13.1 Å². The Labute approximate surface area is 136 Å². The van der Waals surface area contributed by atoms with E-state index >= 15 is 0 Å². The van der Waals surface area contributed by atoms with E-state index in [1.54, 1.807) is 32.3 Å². The van der Waals surface area contributed by atoms with Gasteiger partial charge in [0, 0.05) is 24.9 Å². The highest BCUT2D eigenvalue weighted by atomic mass is 19.4. The van der Waals surface area contributed by atoms with Crippen LogP contribution in [-0.2, 0) is 6.18 Å². The van der Waals surface area contributed by atoms with Crippen LogP contribution in [0.3, 0.4) is 0 Å². The first-order valence-electron chi connectivity index (χ1n) is 7.25. The number of hydrogen-bond donors (Lipinski definition) is 2. The molecule has 2 aromatic heterocycles. The van der Waals surface area contributed by atoms with Crippen LogP contribution in [0.25, 0.3) is 22.5 Å². The monoisotopic (exact) mass is 332 g/mol. The van der Waals surface area contributed by atoms with Crippen LogP contribution >= 0.6 is 0 Å². The molecule has 0 amide bonds. The van der Waals surface area contributed by atoms with Crippen LogP contribution in [0.4, 0.5) is 19.0 Å². The van der Waals surface area contributed by atoms with Gasteiger partial charge in [0.25, 0.3) is 0 Å². The zero-order valence-corrected chi connectivity index (χ0v) is 13.1. The minimum Gasteiger partial charge on any atom is -0.373 e. The van der Waals surface area contributed by atoms with E-state index in [0.717, 1.165) is 11.6 Å². The predicted octanol–water partition coefficient (Wildman–Crippen LogP) is 4.51. The Morgan fingerprint density at radius 3 is 2.58 bits per heavy atom. The predicted molar refractivity (Wildman–Crippen MR) is 86.5 cm³/mol. The van der Waals surface area contributed by atoms with Crippen LogP contribution in [0, 0.1) is 6.92 Å². The maximum Gasteiger partial charge on any atom is 0.416 e. The Morgan fingerprint density at radius 1 is 1.08 bits per heavy atom. The summed E-state index contributed by atoms with van der Waals surface area (Å²) >= 11 is 0. The van der Waals surface area contributed by atoms with Gasteiger partial charge in [-0.3, -0.25) is 0 Å². The molecule has 0 radical (unpaired) electrons. The molecule has 0 unspecified atom stereocenters. The van der Waals surface area contributed by atoms with Crippen LogP contribution in [0.15, 0.2) is 42.9 Å². The van der Waals surface area contributed by atoms with Crippen molar-refractivity contribution in [2.75, 3.05) is 12.4 Å². The van der Waals surface area contributed by atoms with Crippen LogP contribution in [-0.4, -0.2) is 22.0 Å². The standard InChI is InChI=1S/C17H15F3N4/c1-10-3-4-12(17(18,19)20)6-13(10)11-5-14(22-8-11)15-7-16(21-2)24-9-23-15/h3-9,22H,1-2H3,(H,21,23,24). The van der Waals surface area contributed by atoms with E-state index in [1.165, 1.54) is 18.5 Å². The van der Waals surface area contributed by atoms with Crippen LogP contribution in [0.2, 0.25) is 0 Å². The van der Waals surface area contributed by atoms with Gasteiger partial charge in [-0.25, -0.2) is 9.97 Å². The molecule has 0 bridgehead atoms. The molecule has 3 rings (SSSR count). The van der Waals surface area contributed by atoms with Crippen LogP contribution in [0.5, 0.6) is 0 Å². The molecule has 24 heavy (non-hydrogen) atoms. The lowest BCUT2D eigenvalue weighted by molar-refractivity contribution is -0.137. The molecule has 4 nitrogen and oxygen atoms in total. The molecule has 3 aromatic rings. The van der Waals surface area contributed by atoms with Gasteiger partial charge in [-0.1, -0.05) is 6.07 Å². The summed E-state index contributed by atoms with van der Waals surface area (Å²) in [5, 5.41) is 2.92. The number of aromatic nitrogens is 3. The molecule has 0 spiro atoms. The fourth-order valence-corrected chi connectivity index (χ4v) is 2.45. The topological polar surface area (TPSA) is 53.6 Å². The number of aromatic amines is 1. The summed E-state index contributed by atoms with van der Waals surface area (Å²) in [6.07, 6.45) is -1.26. The highest BCUT2D eigenvalue weighted by Crippen LogP contribution is 2.34. The molecule has 0 saturated heterocycles. The molecular weight excluding hydrogens is 317 g/mol. The minimum absolute atomic E-state index is 0.537. The Morgan fingerprint density at radius 2 is 1.88 bits per heavy atom. The van der Waals surface area contributed by atoms with Gasteiger partial charge >= 0.3 is 6.18 Å². The minimum atomic E-state index is -4.37. The third-order valence-corrected chi connectivity index (χ3v) is 3.76. The fourth-order valence-electron chi connectivity index (χ4n) is 2.45. The summed E-state index contributed by atoms with van der Waals surface area (Å²) < 4.78 is 38.8. The van der Waals surface area contributed by atoms with Crippen LogP contribution < -0.4 is 5.32 Å². The number of H-pyrrole nitrogens is 1. The van der Waals surface area contributed by atoms with Gasteiger partial charge in [0.1, 0.15) is 12.1 Å². The van der Waals surface area contributed by atoms with E-state index in [9.17, 15) is 13.2 Å². The number of benzene rings is 1. The first kappa shape index (κ1) is 16.0. The molecule has 1 aromatic carbocycles. The first-order valence-corrected chi connectivity index (χ1v) is 7.25. The van der Waals surface area contributed by atoms with Crippen molar-refractivity contribution in [3.05, 3.63) is 54.0 Å². The smallest absolute Gasteiger partial charge is 0.373 e. The number of alkyl halides is 3. The van der Waals surface area contributed by atoms with Gasteiger partial charge in [0.05, 0.1) is 17.0 Å². The van der Waals surface area contributed by atoms with Gasteiger partial charge in [-0.05, 0) is 36.2 Å². The van der Waals surface area contributed by atoms with E-state index in [2.05, 4.69) is 20.3 Å². The van der Waals surface area contributed by atoms with E-state index in [4.69, 9.17) is 0 Å². The molecule has 0 saturated carbocycles. The quantitative estimate of drug-likeness (QED) is 0.742. The first-order chi connectivity index (χ1) is 11.4. The van der Waals surface area contributed by atoms with Gasteiger partial charge in [-0.15, -0.1) is 0 Å². The second-order valence-corrected chi connectivity index (χ2v) is 5.37. The lowest BCUT2D eigenvalue weighted by Gasteiger charge is -2.10. The summed E-state index contributed by atoms with van der Waals surface area (Å²) in [5.41, 5.74) is 2.69. The van der Waals surface area contributed by atoms with E-state index in [1.807, 2.05) is 0 Å². The SMILES string of the molecule is CNc1cc(-c2cc(-c3cc(C(F)(F)F)ccc3C)c[nH]2)ncn1. The van der Waals surface area contributed by atoms with Crippen molar-refractivity contribution in [2.24, 2.45) is 0 Å². The molecular formula is C17H15F3N4. The second kappa shape index (κ2) is 5.99. The van der Waals surface area contributed by atoms with Crippen LogP contribution in [0.1, 0.15) is 11.1 Å². The van der Waals surface area contributed by atoms with Crippen molar-refractivity contribution in [1.29, 1.82) is 0 Å². The number of hydrogen-bond acceptors (Lipinski definition) is 3. The second-order valence-electron chi connectivity index (χ2n) is 5.37. The van der Waals surface area contributed by atoms with Crippen molar-refractivity contribution >= 4 is 5.82 Å². The summed E-state index contributed by atoms with van der Waals surface area (Å²) in [4.78, 5) is 11.3. The summed E-state index contributed by atoms with van der Waals surface area (Å²) in [7, 11) is 1.75. The third-order valence-electron chi connectivity index (χ3n) is 3.76. The zero-order valence-electron chi connectivity index (χ0n) is 13.1. The molecule has 124 valence electrons. The summed E-state index contributed by atoms with van der Waals surface area (Å²) in [6, 6.07) is 7.28. The zero-order chi connectivity index (χ0) is 17.3. The van der Waals surface area contributed by atoms with Crippen molar-refractivity contribution in [3.8, 4) is 22.5 Å². The van der Waals surface area contributed by atoms with Gasteiger partial charge in [-0.2, -0.15) is 13.2 Å². The van der Waals surface area contributed by atoms with Crippen molar-refractivity contribution in [3.63, 3.8) is 0 Å². The van der Waals surface area contributed by atoms with Gasteiger partial charge < -0.3 is 10.3 Å². The molecule has 2 heterocycles. The number of nitrogens with one attached hydrogen (secondary N) is 2. The highest BCUT2D eigenvalue weighted by molar-refractivity contribution is 5.73. The molecule has 0 aliphatic heterocycles. The number of rotatable bonds is 3. The lowest BCUT2D eigenvalue weighted by Crippen LogP contribution is -2.05. The van der Waals surface area contributed by atoms with Gasteiger partial charge in [0.15, 0.2) is 0 Å². The third kappa shape index (κ3) is 3.10. The largest absolute Gasteiger partial charge is 0.416 e. The average molecular weight is 332 g/mol. The molecule has 0 aliphatic rings. The van der Waals surface area contributed by atoms with Crippen molar-refractivity contribution in [1.82, 2.24) is 15.0 Å². The van der Waals surface area contributed by atoms with Gasteiger partial charge in [0.2, 0.25) is 0 Å². The Bertz CT molecular complexity index is 868. The summed E-state index contributed by atoms with van der Waals surface area (Å²) in [6.45, 7) is 1.78. The molecule has 7 heteroatoms. The summed E-state index contributed by atoms with van der Waals surface area (Å²) in [5.74, 6) is 0.659. The van der Waals surface area contributed by atoms with Crippen molar-refractivity contribution < 1.29 is 13.2 Å². The molecule has 0 fully saturated rings. The molecule has 0 atom stereocenters. The normalized spacial score (nSPS) is 11.5. The maximum absolute atomic E-state index is 12.9. The number of aryl methyl sites for hydroxylation is 1. The van der Waals surface area contributed by atoms with E-state index in [0.29, 0.717) is 28.3 Å². The molecule has 2 N–H and O–H groups in total. The fraction of sp³-hybridized carbons (Fsp3) is 0.176. The molecule has 0 aliphatic carbocycles. The number of anilines is 1. The van der Waals surface area contributed by atoms with E-state index in [-0.39, 0.29) is 0 Å². The number of nitrogens with zero attached hydrogens (tertiary/aromatic N) is 2. The Kier molecular flexibility index (Phi) is 4.01. The highest BCUT2D eigenvalue weighted by Gasteiger charge is 2.30. The number of halogens is 3. The lowest BCUT2D eigenvalue weighted by atomic mass is 9.99. The maximum atomic E-state index is 12.9. The Balaban J connectivity index is 2.02. The Hall–Kier alpha value is -2.83. The average Bonchev–Trinajstić information content (AvgIpc) is 3.04.